The molecular weight excluding hydrogens is 276 g/mol. The van der Waals surface area contributed by atoms with Crippen molar-refractivity contribution >= 4 is 34.7 Å². The zero-order chi connectivity index (χ0) is 13.8. The monoisotopic (exact) mass is 292 g/mol. The van der Waals surface area contributed by atoms with Crippen LogP contribution in [0.4, 0.5) is 5.69 Å². The summed E-state index contributed by atoms with van der Waals surface area (Å²) in [5.74, 6) is 0.0885. The van der Waals surface area contributed by atoms with Gasteiger partial charge in [-0.1, -0.05) is 30.0 Å². The molecule has 0 saturated carbocycles. The number of para-hydroxylation sites is 1. The number of benzene rings is 1. The first-order valence-corrected chi connectivity index (χ1v) is 7.98. The molecule has 0 fully saturated rings. The maximum atomic E-state index is 12.3. The van der Waals surface area contributed by atoms with Gasteiger partial charge in [-0.2, -0.15) is 0 Å². The van der Waals surface area contributed by atoms with Crippen molar-refractivity contribution in [1.29, 1.82) is 0 Å². The maximum Gasteiger partial charge on any atom is 0.232 e. The van der Waals surface area contributed by atoms with E-state index in [9.17, 15) is 4.79 Å². The fraction of sp³-hybridized carbons (Fsp3) is 0.286. The number of aryl methyl sites for hydroxylation is 1. The molecule has 0 radical (unpaired) electrons. The van der Waals surface area contributed by atoms with Crippen molar-refractivity contribution in [3.05, 3.63) is 40.9 Å². The van der Waals surface area contributed by atoms with Crippen LogP contribution >= 0.6 is 23.1 Å². The van der Waals surface area contributed by atoms with Crippen LogP contribution in [0.15, 0.2) is 34.7 Å². The molecule has 1 amide bonds. The van der Waals surface area contributed by atoms with Gasteiger partial charge in [0.15, 0.2) is 0 Å². The lowest BCUT2D eigenvalue weighted by Gasteiger charge is -2.16. The summed E-state index contributed by atoms with van der Waals surface area (Å²) in [4.78, 5) is 19.4. The lowest BCUT2D eigenvalue weighted by Crippen LogP contribution is -2.27. The van der Waals surface area contributed by atoms with Crippen molar-refractivity contribution < 1.29 is 4.79 Å². The first kappa shape index (κ1) is 14.1. The first-order valence-electron chi connectivity index (χ1n) is 5.93. The van der Waals surface area contributed by atoms with Crippen molar-refractivity contribution in [1.82, 2.24) is 4.98 Å². The van der Waals surface area contributed by atoms with E-state index in [1.165, 1.54) is 0 Å². The maximum absolute atomic E-state index is 12.3. The number of likely N-dealkylation sites (N-methyl/N-ethyl adjacent to an activating group) is 1. The van der Waals surface area contributed by atoms with E-state index in [0.29, 0.717) is 6.42 Å². The van der Waals surface area contributed by atoms with Gasteiger partial charge < -0.3 is 4.90 Å². The van der Waals surface area contributed by atoms with Crippen molar-refractivity contribution in [3.63, 3.8) is 0 Å². The number of nitrogens with zero attached hydrogens (tertiary/aromatic N) is 2. The van der Waals surface area contributed by atoms with Crippen LogP contribution in [-0.4, -0.2) is 24.2 Å². The SMILES string of the molecule is CSc1nc(C)c(CC(=O)N(C)c2ccccc2)s1. The third-order valence-electron chi connectivity index (χ3n) is 2.88. The van der Waals surface area contributed by atoms with Gasteiger partial charge >= 0.3 is 0 Å². The van der Waals surface area contributed by atoms with Crippen molar-refractivity contribution in [2.75, 3.05) is 18.2 Å². The first-order chi connectivity index (χ1) is 9.11. The number of thioether (sulfide) groups is 1. The molecule has 0 aliphatic heterocycles. The van der Waals surface area contributed by atoms with Crippen LogP contribution in [-0.2, 0) is 11.2 Å². The van der Waals surface area contributed by atoms with E-state index in [2.05, 4.69) is 4.98 Å². The van der Waals surface area contributed by atoms with Crippen LogP contribution in [0.5, 0.6) is 0 Å². The van der Waals surface area contributed by atoms with Crippen molar-refractivity contribution in [3.8, 4) is 0 Å². The lowest BCUT2D eigenvalue weighted by molar-refractivity contribution is -0.117. The summed E-state index contributed by atoms with van der Waals surface area (Å²) in [5, 5.41) is 0. The minimum Gasteiger partial charge on any atom is -0.315 e. The molecule has 1 heterocycles. The molecule has 0 spiro atoms. The molecule has 0 unspecified atom stereocenters. The Morgan fingerprint density at radius 3 is 2.63 bits per heavy atom. The highest BCUT2D eigenvalue weighted by molar-refractivity contribution is 8.00. The highest BCUT2D eigenvalue weighted by Gasteiger charge is 2.15. The minimum absolute atomic E-state index is 0.0885. The summed E-state index contributed by atoms with van der Waals surface area (Å²) in [6, 6.07) is 9.68. The number of rotatable bonds is 4. The van der Waals surface area contributed by atoms with Gasteiger partial charge in [-0.05, 0) is 25.3 Å². The third kappa shape index (κ3) is 3.36. The van der Waals surface area contributed by atoms with Crippen LogP contribution in [0.3, 0.4) is 0 Å². The quantitative estimate of drug-likeness (QED) is 0.810. The van der Waals surface area contributed by atoms with E-state index >= 15 is 0 Å². The average molecular weight is 292 g/mol. The number of hydrogen-bond acceptors (Lipinski definition) is 4. The molecule has 0 aliphatic carbocycles. The summed E-state index contributed by atoms with van der Waals surface area (Å²) >= 11 is 3.22. The third-order valence-corrected chi connectivity index (χ3v) is 5.02. The van der Waals surface area contributed by atoms with Gasteiger partial charge in [-0.3, -0.25) is 4.79 Å². The van der Waals surface area contributed by atoms with Gasteiger partial charge in [0.2, 0.25) is 5.91 Å². The molecule has 100 valence electrons. The second-order valence-corrected chi connectivity index (χ2v) is 6.29. The standard InChI is InChI=1S/C14H16N2OS2/c1-10-12(19-14(15-10)18-3)9-13(17)16(2)11-7-5-4-6-8-11/h4-8H,9H2,1-3H3. The average Bonchev–Trinajstić information content (AvgIpc) is 2.79. The zero-order valence-electron chi connectivity index (χ0n) is 11.2. The number of aromatic nitrogens is 1. The van der Waals surface area contributed by atoms with Crippen molar-refractivity contribution in [2.45, 2.75) is 17.7 Å². The Morgan fingerprint density at radius 1 is 1.37 bits per heavy atom. The minimum atomic E-state index is 0.0885. The Balaban J connectivity index is 2.10. The number of amides is 1. The molecular formula is C14H16N2OS2. The molecule has 0 saturated heterocycles. The molecule has 19 heavy (non-hydrogen) atoms. The Hall–Kier alpha value is -1.33. The van der Waals surface area contributed by atoms with Gasteiger partial charge in [0.1, 0.15) is 4.34 Å². The van der Waals surface area contributed by atoms with Gasteiger partial charge in [-0.25, -0.2) is 4.98 Å². The highest BCUT2D eigenvalue weighted by atomic mass is 32.2. The van der Waals surface area contributed by atoms with Gasteiger partial charge in [0, 0.05) is 17.6 Å². The normalized spacial score (nSPS) is 10.5. The van der Waals surface area contributed by atoms with Crippen LogP contribution in [0.2, 0.25) is 0 Å². The number of carbonyl (C=O) groups excluding carboxylic acids is 1. The fourth-order valence-electron chi connectivity index (χ4n) is 1.70. The van der Waals surface area contributed by atoms with E-state index < -0.39 is 0 Å². The van der Waals surface area contributed by atoms with E-state index in [1.807, 2.05) is 50.6 Å². The summed E-state index contributed by atoms with van der Waals surface area (Å²) in [5.41, 5.74) is 1.88. The fourth-order valence-corrected chi connectivity index (χ4v) is 3.35. The predicted octanol–water partition coefficient (Wildman–Crippen LogP) is 3.38. The van der Waals surface area contributed by atoms with Gasteiger partial charge in [-0.15, -0.1) is 11.3 Å². The van der Waals surface area contributed by atoms with E-state index in [0.717, 1.165) is 20.6 Å². The number of thiazole rings is 1. The van der Waals surface area contributed by atoms with E-state index in [1.54, 1.807) is 28.0 Å². The summed E-state index contributed by atoms with van der Waals surface area (Å²) < 4.78 is 1.02. The van der Waals surface area contributed by atoms with Crippen LogP contribution in [0.1, 0.15) is 10.6 Å². The van der Waals surface area contributed by atoms with Gasteiger partial charge in [0.25, 0.3) is 0 Å². The number of anilines is 1. The second-order valence-electron chi connectivity index (χ2n) is 4.16. The second kappa shape index (κ2) is 6.21. The lowest BCUT2D eigenvalue weighted by atomic mass is 10.2. The van der Waals surface area contributed by atoms with Crippen molar-refractivity contribution in [2.24, 2.45) is 0 Å². The summed E-state index contributed by atoms with van der Waals surface area (Å²) in [7, 11) is 1.81. The number of carbonyl (C=O) groups is 1. The molecule has 2 rings (SSSR count). The molecule has 0 N–H and O–H groups in total. The van der Waals surface area contributed by atoms with Gasteiger partial charge in [0.05, 0.1) is 12.1 Å². The number of hydrogen-bond donors (Lipinski definition) is 0. The predicted molar refractivity (Wildman–Crippen MR) is 82.2 cm³/mol. The molecule has 5 heteroatoms. The Bertz CT molecular complexity index is 566. The molecule has 2 aromatic rings. The molecule has 0 atom stereocenters. The molecule has 1 aromatic heterocycles. The Kier molecular flexibility index (Phi) is 4.61. The Morgan fingerprint density at radius 2 is 2.05 bits per heavy atom. The smallest absolute Gasteiger partial charge is 0.232 e. The molecule has 0 bridgehead atoms. The molecule has 0 aliphatic rings. The molecule has 3 nitrogen and oxygen atoms in total. The summed E-state index contributed by atoms with van der Waals surface area (Å²) in [6.45, 7) is 1.96. The van der Waals surface area contributed by atoms with E-state index in [-0.39, 0.29) is 5.91 Å². The van der Waals surface area contributed by atoms with E-state index in [4.69, 9.17) is 0 Å². The zero-order valence-corrected chi connectivity index (χ0v) is 12.8. The van der Waals surface area contributed by atoms with Crippen LogP contribution in [0, 0.1) is 6.92 Å². The largest absolute Gasteiger partial charge is 0.315 e. The summed E-state index contributed by atoms with van der Waals surface area (Å²) in [6.07, 6.45) is 2.41. The van der Waals surface area contributed by atoms with Crippen LogP contribution in [0.25, 0.3) is 0 Å². The van der Waals surface area contributed by atoms with Crippen LogP contribution < -0.4 is 4.90 Å². The Labute approximate surface area is 121 Å². The molecule has 1 aromatic carbocycles. The highest BCUT2D eigenvalue weighted by Crippen LogP contribution is 2.26. The topological polar surface area (TPSA) is 33.2 Å².